The summed E-state index contributed by atoms with van der Waals surface area (Å²) in [5, 5.41) is 14.8. The molecule has 0 bridgehead atoms. The standard InChI is InChI=1S/C18H25N5O2S/c1-12-4-3-5-21(9-12)10-14-8-15-11-22(6-7-23(15)20-14)18-19-13(2)16(26-18)17(24)25/h8,12H,3-7,9-11H2,1-2H3,(H,24,25). The van der Waals surface area contributed by atoms with Gasteiger partial charge in [-0.05, 0) is 38.3 Å². The number of carboxylic acid groups (broad SMARTS) is 1. The lowest BCUT2D eigenvalue weighted by atomic mass is 10.0. The monoisotopic (exact) mass is 375 g/mol. The van der Waals surface area contributed by atoms with Gasteiger partial charge in [0.25, 0.3) is 0 Å². The second kappa shape index (κ2) is 7.00. The smallest absolute Gasteiger partial charge is 0.347 e. The predicted molar refractivity (Wildman–Crippen MR) is 101 cm³/mol. The number of piperidine rings is 1. The molecule has 2 aliphatic rings. The van der Waals surface area contributed by atoms with Crippen molar-refractivity contribution >= 4 is 22.4 Å². The Morgan fingerprint density at radius 3 is 2.96 bits per heavy atom. The van der Waals surface area contributed by atoms with Crippen LogP contribution in [-0.2, 0) is 19.6 Å². The van der Waals surface area contributed by atoms with E-state index in [2.05, 4.69) is 32.5 Å². The lowest BCUT2D eigenvalue weighted by Gasteiger charge is -2.30. The molecule has 7 nitrogen and oxygen atoms in total. The fraction of sp³-hybridized carbons (Fsp3) is 0.611. The van der Waals surface area contributed by atoms with Crippen LogP contribution in [0.2, 0.25) is 0 Å². The Labute approximate surface area is 157 Å². The van der Waals surface area contributed by atoms with Crippen LogP contribution >= 0.6 is 11.3 Å². The van der Waals surface area contributed by atoms with E-state index in [0.29, 0.717) is 10.6 Å². The van der Waals surface area contributed by atoms with Gasteiger partial charge in [0.2, 0.25) is 0 Å². The molecule has 0 aromatic carbocycles. The first-order valence-corrected chi connectivity index (χ1v) is 10.0. The van der Waals surface area contributed by atoms with Crippen molar-refractivity contribution in [3.8, 4) is 0 Å². The number of fused-ring (bicyclic) bond motifs is 1. The van der Waals surface area contributed by atoms with Gasteiger partial charge in [0, 0.05) is 19.6 Å². The zero-order chi connectivity index (χ0) is 18.3. The quantitative estimate of drug-likeness (QED) is 0.885. The summed E-state index contributed by atoms with van der Waals surface area (Å²) in [7, 11) is 0. The van der Waals surface area contributed by atoms with Crippen LogP contribution in [0.3, 0.4) is 0 Å². The van der Waals surface area contributed by atoms with E-state index in [-0.39, 0.29) is 0 Å². The van der Waals surface area contributed by atoms with Crippen LogP contribution in [0.25, 0.3) is 0 Å². The van der Waals surface area contributed by atoms with E-state index in [1.807, 2.05) is 0 Å². The summed E-state index contributed by atoms with van der Waals surface area (Å²) in [5.74, 6) is -0.126. The second-order valence-electron chi connectivity index (χ2n) is 7.47. The molecule has 0 amide bonds. The molecule has 1 fully saturated rings. The molecule has 1 unspecified atom stereocenters. The third kappa shape index (κ3) is 3.48. The van der Waals surface area contributed by atoms with E-state index in [0.717, 1.165) is 56.0 Å². The summed E-state index contributed by atoms with van der Waals surface area (Å²) in [6, 6.07) is 2.20. The van der Waals surface area contributed by atoms with Crippen molar-refractivity contribution in [3.63, 3.8) is 0 Å². The number of hydrogen-bond acceptors (Lipinski definition) is 6. The van der Waals surface area contributed by atoms with Crippen molar-refractivity contribution in [1.82, 2.24) is 19.7 Å². The van der Waals surface area contributed by atoms with Gasteiger partial charge >= 0.3 is 5.97 Å². The fourth-order valence-corrected chi connectivity index (χ4v) is 4.87. The summed E-state index contributed by atoms with van der Waals surface area (Å²) in [5.41, 5.74) is 2.91. The molecule has 4 rings (SSSR count). The molecule has 1 N–H and O–H groups in total. The number of aryl methyl sites for hydroxylation is 1. The van der Waals surface area contributed by atoms with Crippen LogP contribution in [0.1, 0.15) is 46.5 Å². The largest absolute Gasteiger partial charge is 0.477 e. The minimum absolute atomic E-state index is 0.332. The van der Waals surface area contributed by atoms with Gasteiger partial charge in [-0.15, -0.1) is 0 Å². The normalized spacial score (nSPS) is 21.0. The van der Waals surface area contributed by atoms with Gasteiger partial charge in [0.05, 0.1) is 30.2 Å². The highest BCUT2D eigenvalue weighted by Crippen LogP contribution is 2.29. The van der Waals surface area contributed by atoms with Crippen LogP contribution in [0.4, 0.5) is 5.13 Å². The predicted octanol–water partition coefficient (Wildman–Crippen LogP) is 2.60. The maximum atomic E-state index is 11.3. The molecule has 8 heteroatoms. The number of likely N-dealkylation sites (tertiary alicyclic amines) is 1. The zero-order valence-corrected chi connectivity index (χ0v) is 16.1. The first kappa shape index (κ1) is 17.5. The van der Waals surface area contributed by atoms with Crippen molar-refractivity contribution < 1.29 is 9.90 Å². The maximum Gasteiger partial charge on any atom is 0.347 e. The Morgan fingerprint density at radius 2 is 2.23 bits per heavy atom. The Bertz CT molecular complexity index is 815. The van der Waals surface area contributed by atoms with Gasteiger partial charge in [-0.3, -0.25) is 9.58 Å². The minimum atomic E-state index is -0.897. The molecule has 140 valence electrons. The Morgan fingerprint density at radius 1 is 1.38 bits per heavy atom. The van der Waals surface area contributed by atoms with Gasteiger partial charge in [0.15, 0.2) is 5.13 Å². The van der Waals surface area contributed by atoms with E-state index < -0.39 is 5.97 Å². The van der Waals surface area contributed by atoms with Crippen LogP contribution in [0, 0.1) is 12.8 Å². The topological polar surface area (TPSA) is 74.5 Å². The first-order valence-electron chi connectivity index (χ1n) is 9.23. The number of rotatable bonds is 4. The molecule has 2 aromatic rings. The highest BCUT2D eigenvalue weighted by molar-refractivity contribution is 7.17. The molecule has 0 saturated carbocycles. The third-order valence-electron chi connectivity index (χ3n) is 5.23. The third-order valence-corrected chi connectivity index (χ3v) is 6.43. The lowest BCUT2D eigenvalue weighted by Crippen LogP contribution is -2.34. The van der Waals surface area contributed by atoms with Crippen molar-refractivity contribution in [2.45, 2.75) is 46.3 Å². The second-order valence-corrected chi connectivity index (χ2v) is 8.45. The van der Waals surface area contributed by atoms with Crippen LogP contribution in [-0.4, -0.2) is 50.4 Å². The molecule has 1 atom stereocenters. The first-order chi connectivity index (χ1) is 12.5. The van der Waals surface area contributed by atoms with Gasteiger partial charge in [-0.2, -0.15) is 5.10 Å². The molecular weight excluding hydrogens is 350 g/mol. The van der Waals surface area contributed by atoms with Crippen LogP contribution in [0.15, 0.2) is 6.07 Å². The van der Waals surface area contributed by atoms with Crippen LogP contribution < -0.4 is 4.90 Å². The SMILES string of the molecule is Cc1nc(N2CCn3nc(CN4CCCC(C)C4)cc3C2)sc1C(=O)O. The summed E-state index contributed by atoms with van der Waals surface area (Å²) in [4.78, 5) is 20.7. The highest BCUT2D eigenvalue weighted by atomic mass is 32.1. The summed E-state index contributed by atoms with van der Waals surface area (Å²) >= 11 is 1.26. The Hall–Kier alpha value is -1.93. The number of hydrogen-bond donors (Lipinski definition) is 1. The molecule has 2 aromatic heterocycles. The molecule has 1 saturated heterocycles. The molecule has 0 radical (unpaired) electrons. The average molecular weight is 375 g/mol. The van der Waals surface area contributed by atoms with Gasteiger partial charge in [-0.25, -0.2) is 9.78 Å². The number of anilines is 1. The lowest BCUT2D eigenvalue weighted by molar-refractivity contribution is 0.0701. The number of nitrogens with zero attached hydrogens (tertiary/aromatic N) is 5. The Kier molecular flexibility index (Phi) is 4.71. The summed E-state index contributed by atoms with van der Waals surface area (Å²) in [6.07, 6.45) is 2.61. The molecule has 0 aliphatic carbocycles. The summed E-state index contributed by atoms with van der Waals surface area (Å²) in [6.45, 7) is 9.67. The van der Waals surface area contributed by atoms with Gasteiger partial charge in [-0.1, -0.05) is 18.3 Å². The maximum absolute atomic E-state index is 11.3. The van der Waals surface area contributed by atoms with Crippen molar-refractivity contribution in [1.29, 1.82) is 0 Å². The minimum Gasteiger partial charge on any atom is -0.477 e. The Balaban J connectivity index is 1.46. The molecule has 4 heterocycles. The van der Waals surface area contributed by atoms with Gasteiger partial charge < -0.3 is 10.0 Å². The number of carbonyl (C=O) groups is 1. The van der Waals surface area contributed by atoms with E-state index in [4.69, 9.17) is 5.10 Å². The molecular formula is C18H25N5O2S. The average Bonchev–Trinajstić information content (AvgIpc) is 3.17. The molecule has 2 aliphatic heterocycles. The number of thiazole rings is 1. The van der Waals surface area contributed by atoms with Crippen molar-refractivity contribution in [3.05, 3.63) is 28.0 Å². The van der Waals surface area contributed by atoms with E-state index in [1.165, 1.54) is 29.9 Å². The van der Waals surface area contributed by atoms with Crippen molar-refractivity contribution in [2.75, 3.05) is 24.5 Å². The highest BCUT2D eigenvalue weighted by Gasteiger charge is 2.24. The molecule has 26 heavy (non-hydrogen) atoms. The van der Waals surface area contributed by atoms with E-state index >= 15 is 0 Å². The number of aromatic nitrogens is 3. The number of aromatic carboxylic acids is 1. The number of carboxylic acids is 1. The summed E-state index contributed by atoms with van der Waals surface area (Å²) < 4.78 is 2.10. The van der Waals surface area contributed by atoms with Crippen LogP contribution in [0.5, 0.6) is 0 Å². The zero-order valence-electron chi connectivity index (χ0n) is 15.3. The fourth-order valence-electron chi connectivity index (χ4n) is 3.94. The van der Waals surface area contributed by atoms with E-state index in [9.17, 15) is 9.90 Å². The molecule has 0 spiro atoms. The van der Waals surface area contributed by atoms with E-state index in [1.54, 1.807) is 6.92 Å². The van der Waals surface area contributed by atoms with Gasteiger partial charge in [0.1, 0.15) is 4.88 Å². The van der Waals surface area contributed by atoms with Crippen molar-refractivity contribution in [2.24, 2.45) is 5.92 Å².